The standard InChI is InChI=1S/C11H19NO/c1-10-4-6-11(8-10,9-12)5-3-7-13-2/h10H,3-8H2,1-2H3. The van der Waals surface area contributed by atoms with Crippen LogP contribution < -0.4 is 0 Å². The molecule has 1 aliphatic carbocycles. The lowest BCUT2D eigenvalue weighted by Gasteiger charge is -2.19. The van der Waals surface area contributed by atoms with Gasteiger partial charge in [0.25, 0.3) is 0 Å². The zero-order valence-electron chi connectivity index (χ0n) is 8.68. The van der Waals surface area contributed by atoms with Crippen LogP contribution in [0.4, 0.5) is 0 Å². The summed E-state index contributed by atoms with van der Waals surface area (Å²) in [7, 11) is 1.72. The minimum Gasteiger partial charge on any atom is -0.385 e. The van der Waals surface area contributed by atoms with Crippen molar-refractivity contribution in [3.8, 4) is 6.07 Å². The minimum absolute atomic E-state index is 0.0159. The molecule has 0 heterocycles. The third-order valence-corrected chi connectivity index (χ3v) is 3.10. The van der Waals surface area contributed by atoms with Crippen LogP contribution in [0, 0.1) is 22.7 Å². The van der Waals surface area contributed by atoms with Gasteiger partial charge in [-0.2, -0.15) is 5.26 Å². The minimum atomic E-state index is -0.0159. The van der Waals surface area contributed by atoms with Crippen LogP contribution in [0.5, 0.6) is 0 Å². The van der Waals surface area contributed by atoms with Gasteiger partial charge in [0.05, 0.1) is 11.5 Å². The molecular weight excluding hydrogens is 162 g/mol. The SMILES string of the molecule is COCCCC1(C#N)CCC(C)C1. The second-order valence-electron chi connectivity index (χ2n) is 4.34. The molecule has 0 aromatic heterocycles. The average molecular weight is 181 g/mol. The number of hydrogen-bond donors (Lipinski definition) is 0. The Morgan fingerprint density at radius 3 is 2.85 bits per heavy atom. The van der Waals surface area contributed by atoms with Crippen LogP contribution in [0.25, 0.3) is 0 Å². The third kappa shape index (κ3) is 2.70. The van der Waals surface area contributed by atoms with Crippen molar-refractivity contribution in [3.05, 3.63) is 0 Å². The van der Waals surface area contributed by atoms with Gasteiger partial charge in [0.1, 0.15) is 0 Å². The molecule has 0 bridgehead atoms. The first-order valence-electron chi connectivity index (χ1n) is 5.13. The molecule has 74 valence electrons. The monoisotopic (exact) mass is 181 g/mol. The highest BCUT2D eigenvalue weighted by Crippen LogP contribution is 2.44. The zero-order valence-corrected chi connectivity index (χ0v) is 8.68. The molecular formula is C11H19NO. The lowest BCUT2D eigenvalue weighted by Crippen LogP contribution is -2.14. The molecule has 1 fully saturated rings. The van der Waals surface area contributed by atoms with E-state index in [2.05, 4.69) is 13.0 Å². The van der Waals surface area contributed by atoms with Gasteiger partial charge >= 0.3 is 0 Å². The number of ether oxygens (including phenoxy) is 1. The van der Waals surface area contributed by atoms with E-state index in [4.69, 9.17) is 10.00 Å². The summed E-state index contributed by atoms with van der Waals surface area (Å²) in [5.41, 5.74) is -0.0159. The molecule has 1 aliphatic rings. The van der Waals surface area contributed by atoms with Crippen molar-refractivity contribution in [2.75, 3.05) is 13.7 Å². The molecule has 0 spiro atoms. The topological polar surface area (TPSA) is 33.0 Å². The Morgan fingerprint density at radius 2 is 2.38 bits per heavy atom. The molecule has 2 nitrogen and oxygen atoms in total. The number of nitrogens with zero attached hydrogens (tertiary/aromatic N) is 1. The fourth-order valence-electron chi connectivity index (χ4n) is 2.33. The van der Waals surface area contributed by atoms with E-state index in [1.807, 2.05) is 0 Å². The lowest BCUT2D eigenvalue weighted by atomic mass is 9.82. The second kappa shape index (κ2) is 4.62. The van der Waals surface area contributed by atoms with Gasteiger partial charge < -0.3 is 4.74 Å². The van der Waals surface area contributed by atoms with Crippen molar-refractivity contribution in [1.82, 2.24) is 0 Å². The summed E-state index contributed by atoms with van der Waals surface area (Å²) in [6.45, 7) is 3.03. The van der Waals surface area contributed by atoms with E-state index < -0.39 is 0 Å². The van der Waals surface area contributed by atoms with E-state index in [0.717, 1.165) is 38.2 Å². The number of methoxy groups -OCH3 is 1. The van der Waals surface area contributed by atoms with Crippen LogP contribution >= 0.6 is 0 Å². The van der Waals surface area contributed by atoms with Gasteiger partial charge in [-0.3, -0.25) is 0 Å². The average Bonchev–Trinajstić information content (AvgIpc) is 2.49. The maximum Gasteiger partial charge on any atom is 0.0689 e. The number of hydrogen-bond acceptors (Lipinski definition) is 2. The lowest BCUT2D eigenvalue weighted by molar-refractivity contribution is 0.179. The molecule has 0 N–H and O–H groups in total. The van der Waals surface area contributed by atoms with Gasteiger partial charge in [0.2, 0.25) is 0 Å². The highest BCUT2D eigenvalue weighted by Gasteiger charge is 2.36. The van der Waals surface area contributed by atoms with Crippen LogP contribution in [0.2, 0.25) is 0 Å². The van der Waals surface area contributed by atoms with Gasteiger partial charge in [-0.25, -0.2) is 0 Å². The maximum atomic E-state index is 9.14. The van der Waals surface area contributed by atoms with Crippen LogP contribution in [0.3, 0.4) is 0 Å². The third-order valence-electron chi connectivity index (χ3n) is 3.10. The van der Waals surface area contributed by atoms with Crippen molar-refractivity contribution >= 4 is 0 Å². The van der Waals surface area contributed by atoms with Crippen LogP contribution in [-0.4, -0.2) is 13.7 Å². The molecule has 0 aliphatic heterocycles. The summed E-state index contributed by atoms with van der Waals surface area (Å²) in [5.74, 6) is 0.738. The van der Waals surface area contributed by atoms with Crippen molar-refractivity contribution in [1.29, 1.82) is 5.26 Å². The van der Waals surface area contributed by atoms with E-state index >= 15 is 0 Å². The van der Waals surface area contributed by atoms with Crippen LogP contribution in [0.1, 0.15) is 39.0 Å². The van der Waals surface area contributed by atoms with Crippen LogP contribution in [-0.2, 0) is 4.74 Å². The summed E-state index contributed by atoms with van der Waals surface area (Å²) in [4.78, 5) is 0. The molecule has 1 rings (SSSR count). The predicted molar refractivity (Wildman–Crippen MR) is 52.2 cm³/mol. The van der Waals surface area contributed by atoms with Crippen molar-refractivity contribution in [2.45, 2.75) is 39.0 Å². The second-order valence-corrected chi connectivity index (χ2v) is 4.34. The van der Waals surface area contributed by atoms with E-state index in [-0.39, 0.29) is 5.41 Å². The summed E-state index contributed by atoms with van der Waals surface area (Å²) < 4.78 is 5.01. The predicted octanol–water partition coefficient (Wildman–Crippen LogP) is 2.74. The molecule has 1 saturated carbocycles. The highest BCUT2D eigenvalue weighted by atomic mass is 16.5. The summed E-state index contributed by atoms with van der Waals surface area (Å²) >= 11 is 0. The summed E-state index contributed by atoms with van der Waals surface area (Å²) in [6.07, 6.45) is 5.45. The fourth-order valence-corrected chi connectivity index (χ4v) is 2.33. The molecule has 0 saturated heterocycles. The highest BCUT2D eigenvalue weighted by molar-refractivity contribution is 5.03. The molecule has 13 heavy (non-hydrogen) atoms. The van der Waals surface area contributed by atoms with E-state index in [1.54, 1.807) is 7.11 Å². The Bertz CT molecular complexity index is 197. The Labute approximate surface area is 80.9 Å². The van der Waals surface area contributed by atoms with E-state index in [0.29, 0.717) is 0 Å². The Kier molecular flexibility index (Phi) is 3.74. The molecule has 2 unspecified atom stereocenters. The molecule has 2 heteroatoms. The summed E-state index contributed by atoms with van der Waals surface area (Å²) in [5, 5.41) is 9.14. The molecule has 0 aromatic rings. The first-order chi connectivity index (χ1) is 6.22. The first-order valence-corrected chi connectivity index (χ1v) is 5.13. The van der Waals surface area contributed by atoms with E-state index in [9.17, 15) is 0 Å². The number of nitriles is 1. The molecule has 0 radical (unpaired) electrons. The molecule has 0 amide bonds. The zero-order chi connectivity index (χ0) is 9.73. The fraction of sp³-hybridized carbons (Fsp3) is 0.909. The van der Waals surface area contributed by atoms with Gasteiger partial charge in [-0.15, -0.1) is 0 Å². The normalized spacial score (nSPS) is 33.2. The smallest absolute Gasteiger partial charge is 0.0689 e. The van der Waals surface area contributed by atoms with Gasteiger partial charge in [0, 0.05) is 13.7 Å². The van der Waals surface area contributed by atoms with E-state index in [1.165, 1.54) is 6.42 Å². The van der Waals surface area contributed by atoms with Crippen molar-refractivity contribution in [2.24, 2.45) is 11.3 Å². The first kappa shape index (κ1) is 10.5. The van der Waals surface area contributed by atoms with Crippen molar-refractivity contribution in [3.63, 3.8) is 0 Å². The van der Waals surface area contributed by atoms with Gasteiger partial charge in [0.15, 0.2) is 0 Å². The quantitative estimate of drug-likeness (QED) is 0.625. The molecule has 2 atom stereocenters. The van der Waals surface area contributed by atoms with Gasteiger partial charge in [-0.05, 0) is 38.0 Å². The van der Waals surface area contributed by atoms with Gasteiger partial charge in [-0.1, -0.05) is 6.92 Å². The van der Waals surface area contributed by atoms with Crippen LogP contribution in [0.15, 0.2) is 0 Å². The molecule has 0 aromatic carbocycles. The Morgan fingerprint density at radius 1 is 1.62 bits per heavy atom. The Balaban J connectivity index is 2.38. The maximum absolute atomic E-state index is 9.14. The largest absolute Gasteiger partial charge is 0.385 e. The van der Waals surface area contributed by atoms with Crippen molar-refractivity contribution < 1.29 is 4.74 Å². The summed E-state index contributed by atoms with van der Waals surface area (Å²) in [6, 6.07) is 2.51. The number of rotatable bonds is 4. The Hall–Kier alpha value is -0.550.